The molecular formula is C27H28ClNO3. The second-order valence-corrected chi connectivity index (χ2v) is 8.68. The van der Waals surface area contributed by atoms with Crippen LogP contribution < -0.4 is 0 Å². The van der Waals surface area contributed by atoms with E-state index in [0.29, 0.717) is 10.6 Å². The lowest BCUT2D eigenvalue weighted by molar-refractivity contribution is -0.137. The third-order valence-electron chi connectivity index (χ3n) is 5.59. The molecule has 166 valence electrons. The van der Waals surface area contributed by atoms with Gasteiger partial charge in [-0.15, -0.1) is 0 Å². The fourth-order valence-corrected chi connectivity index (χ4v) is 4.23. The molecule has 3 aromatic rings. The van der Waals surface area contributed by atoms with Crippen LogP contribution in [0.4, 0.5) is 0 Å². The normalized spacial score (nSPS) is 11.7. The first-order chi connectivity index (χ1) is 15.4. The maximum atomic E-state index is 13.2. The molecule has 1 aromatic heterocycles. The lowest BCUT2D eigenvalue weighted by Gasteiger charge is -2.10. The number of hydrogen-bond acceptors (Lipinski definition) is 2. The van der Waals surface area contributed by atoms with Crippen molar-refractivity contribution < 1.29 is 14.7 Å². The minimum Gasteiger partial charge on any atom is -0.481 e. The Bertz CT molecular complexity index is 1170. The number of aryl methyl sites for hydroxylation is 1. The molecule has 0 fully saturated rings. The summed E-state index contributed by atoms with van der Waals surface area (Å²) in [6.45, 7) is 1.80. The second-order valence-electron chi connectivity index (χ2n) is 8.25. The van der Waals surface area contributed by atoms with E-state index >= 15 is 0 Å². The average Bonchev–Trinajstić information content (AvgIpc) is 3.01. The van der Waals surface area contributed by atoms with Gasteiger partial charge in [-0.1, -0.05) is 48.6 Å². The molecule has 32 heavy (non-hydrogen) atoms. The molecule has 0 aliphatic carbocycles. The summed E-state index contributed by atoms with van der Waals surface area (Å²) in [5, 5.41) is 10.5. The number of carboxylic acid groups (broad SMARTS) is 1. The summed E-state index contributed by atoms with van der Waals surface area (Å²) in [6.07, 6.45) is 3.57. The van der Waals surface area contributed by atoms with Gasteiger partial charge in [-0.3, -0.25) is 9.59 Å². The maximum absolute atomic E-state index is 13.2. The number of carboxylic acids is 1. The molecule has 0 bridgehead atoms. The number of aliphatic carboxylic acids is 1. The van der Waals surface area contributed by atoms with Crippen molar-refractivity contribution in [3.63, 3.8) is 0 Å². The zero-order valence-electron chi connectivity index (χ0n) is 18.5. The quantitative estimate of drug-likeness (QED) is 0.237. The molecule has 1 heterocycles. The first-order valence-corrected chi connectivity index (χ1v) is 11.3. The molecule has 0 aliphatic heterocycles. The predicted molar refractivity (Wildman–Crippen MR) is 129 cm³/mol. The Balaban J connectivity index is 1.75. The lowest BCUT2D eigenvalue weighted by atomic mass is 9.94. The van der Waals surface area contributed by atoms with Gasteiger partial charge in [-0.25, -0.2) is 0 Å². The largest absolute Gasteiger partial charge is 0.481 e. The van der Waals surface area contributed by atoms with Gasteiger partial charge in [0, 0.05) is 59.1 Å². The molecule has 2 aromatic carbocycles. The number of nitrogens with zero attached hydrogens (tertiary/aromatic N) is 1. The van der Waals surface area contributed by atoms with Crippen molar-refractivity contribution in [3.05, 3.63) is 70.4 Å². The Labute approximate surface area is 194 Å². The standard InChI is InChI=1S/C27H28ClNO3/c1-19(17-26(31)32)16-25(30)27-22-18-21(28)14-15-23(22)29(2)24(27)13-9-4-3-6-10-20-11-7-5-8-12-20/h5,7-8,11-12,14-15,18-19H,3-4,9,13,16-17H2,1-2H3,(H,31,32)/t19-/m0/s1. The van der Waals surface area contributed by atoms with Gasteiger partial charge >= 0.3 is 5.97 Å². The summed E-state index contributed by atoms with van der Waals surface area (Å²) < 4.78 is 2.07. The Morgan fingerprint density at radius 3 is 2.56 bits per heavy atom. The Morgan fingerprint density at radius 1 is 1.09 bits per heavy atom. The number of Topliss-reactive ketones (excluding diaryl/α,β-unsaturated/α-hetero) is 1. The predicted octanol–water partition coefficient (Wildman–Crippen LogP) is 6.28. The topological polar surface area (TPSA) is 59.3 Å². The van der Waals surface area contributed by atoms with Crippen LogP contribution in [0, 0.1) is 17.8 Å². The third kappa shape index (κ3) is 6.02. The van der Waals surface area contributed by atoms with Crippen molar-refractivity contribution >= 4 is 34.3 Å². The van der Waals surface area contributed by atoms with Crippen LogP contribution in [0.1, 0.15) is 60.6 Å². The van der Waals surface area contributed by atoms with Crippen LogP contribution >= 0.6 is 11.6 Å². The van der Waals surface area contributed by atoms with Crippen LogP contribution in [0.15, 0.2) is 48.5 Å². The molecule has 0 radical (unpaired) electrons. The van der Waals surface area contributed by atoms with Gasteiger partial charge in [0.2, 0.25) is 0 Å². The minimum absolute atomic E-state index is 0.0212. The zero-order valence-corrected chi connectivity index (χ0v) is 19.3. The summed E-state index contributed by atoms with van der Waals surface area (Å²) in [6, 6.07) is 15.5. The van der Waals surface area contributed by atoms with Crippen molar-refractivity contribution in [2.24, 2.45) is 13.0 Å². The Hall–Kier alpha value is -3.03. The fraction of sp³-hybridized carbons (Fsp3) is 0.333. The Kier molecular flexibility index (Phi) is 8.14. The van der Waals surface area contributed by atoms with E-state index in [-0.39, 0.29) is 24.5 Å². The number of carbonyl (C=O) groups is 2. The van der Waals surface area contributed by atoms with E-state index in [4.69, 9.17) is 16.7 Å². The zero-order chi connectivity index (χ0) is 23.1. The van der Waals surface area contributed by atoms with Crippen molar-refractivity contribution in [1.29, 1.82) is 0 Å². The van der Waals surface area contributed by atoms with Gasteiger partial charge in [0.05, 0.1) is 0 Å². The molecule has 3 rings (SSSR count). The number of rotatable bonds is 9. The summed E-state index contributed by atoms with van der Waals surface area (Å²) in [5.74, 6) is 5.26. The van der Waals surface area contributed by atoms with E-state index in [9.17, 15) is 9.59 Å². The summed E-state index contributed by atoms with van der Waals surface area (Å²) in [5.41, 5.74) is 3.63. The lowest BCUT2D eigenvalue weighted by Crippen LogP contribution is -2.12. The molecule has 0 unspecified atom stereocenters. The smallest absolute Gasteiger partial charge is 0.303 e. The molecular weight excluding hydrogens is 422 g/mol. The van der Waals surface area contributed by atoms with Crippen molar-refractivity contribution in [2.75, 3.05) is 0 Å². The molecule has 0 saturated heterocycles. The van der Waals surface area contributed by atoms with Crippen LogP contribution in [0.2, 0.25) is 5.02 Å². The van der Waals surface area contributed by atoms with E-state index in [0.717, 1.165) is 47.8 Å². The first-order valence-electron chi connectivity index (χ1n) is 10.9. The number of hydrogen-bond donors (Lipinski definition) is 1. The minimum atomic E-state index is -0.886. The number of fused-ring (bicyclic) bond motifs is 1. The fourth-order valence-electron chi connectivity index (χ4n) is 4.05. The number of benzene rings is 2. The van der Waals surface area contributed by atoms with Crippen LogP contribution in [-0.2, 0) is 18.3 Å². The van der Waals surface area contributed by atoms with Crippen molar-refractivity contribution in [1.82, 2.24) is 4.57 Å². The number of ketones is 1. The van der Waals surface area contributed by atoms with E-state index in [2.05, 4.69) is 16.4 Å². The van der Waals surface area contributed by atoms with Gasteiger partial charge in [0.1, 0.15) is 0 Å². The molecule has 0 saturated carbocycles. The highest BCUT2D eigenvalue weighted by Gasteiger charge is 2.23. The number of halogens is 1. The van der Waals surface area contributed by atoms with Gasteiger partial charge in [0.15, 0.2) is 5.78 Å². The van der Waals surface area contributed by atoms with Crippen LogP contribution in [-0.4, -0.2) is 21.4 Å². The molecule has 5 heteroatoms. The molecule has 0 aliphatic rings. The summed E-state index contributed by atoms with van der Waals surface area (Å²) in [4.78, 5) is 24.2. The number of unbranched alkanes of at least 4 members (excludes halogenated alkanes) is 2. The van der Waals surface area contributed by atoms with Crippen molar-refractivity contribution in [3.8, 4) is 11.8 Å². The van der Waals surface area contributed by atoms with Crippen LogP contribution in [0.5, 0.6) is 0 Å². The molecule has 0 amide bonds. The highest BCUT2D eigenvalue weighted by Crippen LogP contribution is 2.31. The number of aromatic nitrogens is 1. The van der Waals surface area contributed by atoms with Crippen LogP contribution in [0.3, 0.4) is 0 Å². The average molecular weight is 450 g/mol. The van der Waals surface area contributed by atoms with Gasteiger partial charge in [-0.2, -0.15) is 0 Å². The molecule has 1 atom stereocenters. The SMILES string of the molecule is C[C@H](CC(=O)O)CC(=O)c1c(CCCCC#Cc2ccccc2)n(C)c2ccc(Cl)cc12. The Morgan fingerprint density at radius 2 is 1.84 bits per heavy atom. The van der Waals surface area contributed by atoms with Gasteiger partial charge in [0.25, 0.3) is 0 Å². The van der Waals surface area contributed by atoms with E-state index < -0.39 is 5.97 Å². The van der Waals surface area contributed by atoms with Crippen molar-refractivity contribution in [2.45, 2.75) is 45.4 Å². The summed E-state index contributed by atoms with van der Waals surface area (Å²) in [7, 11) is 1.97. The maximum Gasteiger partial charge on any atom is 0.303 e. The third-order valence-corrected chi connectivity index (χ3v) is 5.83. The number of carbonyl (C=O) groups excluding carboxylic acids is 1. The second kappa shape index (κ2) is 11.0. The molecule has 4 nitrogen and oxygen atoms in total. The summed E-state index contributed by atoms with van der Waals surface area (Å²) >= 11 is 6.23. The van der Waals surface area contributed by atoms with E-state index in [1.165, 1.54) is 0 Å². The highest BCUT2D eigenvalue weighted by molar-refractivity contribution is 6.31. The van der Waals surface area contributed by atoms with E-state index in [1.54, 1.807) is 6.92 Å². The van der Waals surface area contributed by atoms with Gasteiger partial charge < -0.3 is 9.67 Å². The van der Waals surface area contributed by atoms with Crippen LogP contribution in [0.25, 0.3) is 10.9 Å². The first kappa shape index (κ1) is 23.6. The van der Waals surface area contributed by atoms with Gasteiger partial charge in [-0.05, 0) is 55.5 Å². The monoisotopic (exact) mass is 449 g/mol. The molecule has 0 spiro atoms. The highest BCUT2D eigenvalue weighted by atomic mass is 35.5. The van der Waals surface area contributed by atoms with E-state index in [1.807, 2.05) is 55.6 Å². The molecule has 1 N–H and O–H groups in total.